The lowest BCUT2D eigenvalue weighted by Gasteiger charge is -2.04. The Labute approximate surface area is 48.2 Å². The van der Waals surface area contributed by atoms with Crippen LogP contribution in [0.5, 0.6) is 0 Å². The summed E-state index contributed by atoms with van der Waals surface area (Å²) in [6.07, 6.45) is -1.66. The van der Waals surface area contributed by atoms with Crippen molar-refractivity contribution in [2.45, 2.75) is 25.7 Å². The van der Waals surface area contributed by atoms with E-state index in [0.717, 1.165) is 6.08 Å². The zero-order valence-electron chi connectivity index (χ0n) is 4.90. The van der Waals surface area contributed by atoms with Crippen LogP contribution in [0.25, 0.3) is 0 Å². The van der Waals surface area contributed by atoms with Crippen molar-refractivity contribution in [3.63, 3.8) is 0 Å². The molecule has 0 nitrogen and oxygen atoms in total. The molecule has 2 unspecified atom stereocenters. The molecule has 0 N–H and O–H groups in total. The Balaban J connectivity index is 3.44. The van der Waals surface area contributed by atoms with Crippen molar-refractivity contribution in [3.8, 4) is 0 Å². The van der Waals surface area contributed by atoms with Gasteiger partial charge in [0.1, 0.15) is 12.3 Å². The smallest absolute Gasteiger partial charge is 0.149 e. The Bertz CT molecular complexity index is 70.9. The van der Waals surface area contributed by atoms with E-state index in [1.807, 2.05) is 0 Å². The molecule has 0 aromatic rings. The molecule has 48 valence electrons. The van der Waals surface area contributed by atoms with E-state index in [4.69, 9.17) is 0 Å². The predicted octanol–water partition coefficient (Wildman–Crippen LogP) is 2.26. The molecule has 0 amide bonds. The number of halogens is 2. The summed E-state index contributed by atoms with van der Waals surface area (Å²) in [6.45, 7) is 4.71. The van der Waals surface area contributed by atoms with Gasteiger partial charge in [-0.15, -0.1) is 6.58 Å². The van der Waals surface area contributed by atoms with Crippen molar-refractivity contribution in [3.05, 3.63) is 12.7 Å². The maximum Gasteiger partial charge on any atom is 0.149 e. The second-order valence-corrected chi connectivity index (χ2v) is 1.60. The van der Waals surface area contributed by atoms with Crippen LogP contribution in [-0.2, 0) is 0 Å². The lowest BCUT2D eigenvalue weighted by atomic mass is 10.2. The summed E-state index contributed by atoms with van der Waals surface area (Å²) in [6, 6.07) is 0. The lowest BCUT2D eigenvalue weighted by molar-refractivity contribution is 0.200. The fraction of sp³-hybridized carbons (Fsp3) is 0.667. The van der Waals surface area contributed by atoms with Gasteiger partial charge in [0.05, 0.1) is 0 Å². The molecule has 0 fully saturated rings. The highest BCUT2D eigenvalue weighted by Crippen LogP contribution is 2.07. The van der Waals surface area contributed by atoms with Gasteiger partial charge in [-0.2, -0.15) is 0 Å². The van der Waals surface area contributed by atoms with Crippen LogP contribution >= 0.6 is 0 Å². The van der Waals surface area contributed by atoms with E-state index in [9.17, 15) is 8.78 Å². The minimum atomic E-state index is -1.49. The Morgan fingerprint density at radius 2 is 2.12 bits per heavy atom. The molecule has 0 rings (SSSR count). The van der Waals surface area contributed by atoms with Crippen LogP contribution in [0.15, 0.2) is 12.7 Å². The molecule has 0 heterocycles. The average molecular weight is 120 g/mol. The second-order valence-electron chi connectivity index (χ2n) is 1.60. The topological polar surface area (TPSA) is 0 Å². The molecular weight excluding hydrogens is 110 g/mol. The summed E-state index contributed by atoms with van der Waals surface area (Å²) in [5.41, 5.74) is 0. The summed E-state index contributed by atoms with van der Waals surface area (Å²) >= 11 is 0. The Hall–Kier alpha value is -0.400. The highest BCUT2D eigenvalue weighted by Gasteiger charge is 2.12. The zero-order chi connectivity index (χ0) is 6.57. The van der Waals surface area contributed by atoms with Crippen molar-refractivity contribution in [2.24, 2.45) is 0 Å². The largest absolute Gasteiger partial charge is 0.244 e. The highest BCUT2D eigenvalue weighted by molar-refractivity contribution is 4.83. The molecule has 2 atom stereocenters. The van der Waals surface area contributed by atoms with Crippen LogP contribution < -0.4 is 0 Å². The average Bonchev–Trinajstić information content (AvgIpc) is 1.84. The highest BCUT2D eigenvalue weighted by atomic mass is 19.2. The molecular formula is C6H10F2. The third-order valence-corrected chi connectivity index (χ3v) is 0.961. The van der Waals surface area contributed by atoms with Gasteiger partial charge in [-0.1, -0.05) is 13.0 Å². The first-order chi connectivity index (χ1) is 3.72. The first-order valence-corrected chi connectivity index (χ1v) is 2.63. The first kappa shape index (κ1) is 7.60. The molecule has 0 radical (unpaired) electrons. The summed E-state index contributed by atoms with van der Waals surface area (Å²) in [5, 5.41) is 0. The fourth-order valence-corrected chi connectivity index (χ4v) is 0.373. The predicted molar refractivity (Wildman–Crippen MR) is 30.3 cm³/mol. The molecule has 0 spiro atoms. The van der Waals surface area contributed by atoms with E-state index in [1.165, 1.54) is 0 Å². The number of alkyl halides is 2. The lowest BCUT2D eigenvalue weighted by Crippen LogP contribution is -2.12. The van der Waals surface area contributed by atoms with Crippen molar-refractivity contribution >= 4 is 0 Å². The van der Waals surface area contributed by atoms with Gasteiger partial charge in [0.25, 0.3) is 0 Å². The number of rotatable bonds is 3. The van der Waals surface area contributed by atoms with E-state index < -0.39 is 12.3 Å². The van der Waals surface area contributed by atoms with Crippen LogP contribution in [0, 0.1) is 0 Å². The summed E-state index contributed by atoms with van der Waals surface area (Å²) in [5.74, 6) is 0. The minimum Gasteiger partial charge on any atom is -0.244 e. The van der Waals surface area contributed by atoms with Gasteiger partial charge < -0.3 is 0 Å². The molecule has 0 aromatic heterocycles. The Kier molecular flexibility index (Phi) is 3.40. The fourth-order valence-electron chi connectivity index (χ4n) is 0.373. The van der Waals surface area contributed by atoms with Gasteiger partial charge in [0.15, 0.2) is 0 Å². The monoisotopic (exact) mass is 120 g/mol. The number of hydrogen-bond donors (Lipinski definition) is 0. The first-order valence-electron chi connectivity index (χ1n) is 2.63. The van der Waals surface area contributed by atoms with Crippen LogP contribution in [0.1, 0.15) is 13.3 Å². The molecule has 8 heavy (non-hydrogen) atoms. The quantitative estimate of drug-likeness (QED) is 0.501. The maximum atomic E-state index is 12.1. The van der Waals surface area contributed by atoms with E-state index in [1.54, 1.807) is 6.92 Å². The summed E-state index contributed by atoms with van der Waals surface area (Å²) in [7, 11) is 0. The van der Waals surface area contributed by atoms with Crippen LogP contribution in [0.2, 0.25) is 0 Å². The summed E-state index contributed by atoms with van der Waals surface area (Å²) < 4.78 is 24.1. The Morgan fingerprint density at radius 3 is 2.25 bits per heavy atom. The van der Waals surface area contributed by atoms with Gasteiger partial charge >= 0.3 is 0 Å². The van der Waals surface area contributed by atoms with Gasteiger partial charge in [-0.3, -0.25) is 0 Å². The van der Waals surface area contributed by atoms with Gasteiger partial charge in [-0.25, -0.2) is 8.78 Å². The normalized spacial score (nSPS) is 17.4. The zero-order valence-corrected chi connectivity index (χ0v) is 4.90. The van der Waals surface area contributed by atoms with Crippen molar-refractivity contribution in [1.82, 2.24) is 0 Å². The molecule has 0 saturated carbocycles. The van der Waals surface area contributed by atoms with Crippen LogP contribution in [0.4, 0.5) is 8.78 Å². The van der Waals surface area contributed by atoms with Crippen LogP contribution in [0.3, 0.4) is 0 Å². The molecule has 2 heteroatoms. The minimum absolute atomic E-state index is 0.215. The van der Waals surface area contributed by atoms with E-state index in [2.05, 4.69) is 6.58 Å². The van der Waals surface area contributed by atoms with E-state index in [0.29, 0.717) is 0 Å². The third kappa shape index (κ3) is 2.05. The van der Waals surface area contributed by atoms with Crippen molar-refractivity contribution < 1.29 is 8.78 Å². The molecule has 0 saturated heterocycles. The van der Waals surface area contributed by atoms with E-state index in [-0.39, 0.29) is 6.42 Å². The van der Waals surface area contributed by atoms with Gasteiger partial charge in [0, 0.05) is 0 Å². The molecule has 0 aliphatic rings. The van der Waals surface area contributed by atoms with Crippen molar-refractivity contribution in [2.75, 3.05) is 0 Å². The standard InChI is InChI=1S/C6H10F2/c1-3-5(7)6(8)4-2/h3,5-6H,1,4H2,2H3. The molecule has 0 aromatic carbocycles. The number of allylic oxidation sites excluding steroid dienone is 1. The molecule has 0 bridgehead atoms. The maximum absolute atomic E-state index is 12.1. The molecule has 0 aliphatic heterocycles. The Morgan fingerprint density at radius 1 is 1.62 bits per heavy atom. The molecule has 0 aliphatic carbocycles. The van der Waals surface area contributed by atoms with Crippen LogP contribution in [-0.4, -0.2) is 12.3 Å². The van der Waals surface area contributed by atoms with Gasteiger partial charge in [-0.05, 0) is 6.42 Å². The number of hydrogen-bond acceptors (Lipinski definition) is 0. The SMILES string of the molecule is C=CC(F)C(F)CC. The third-order valence-electron chi connectivity index (χ3n) is 0.961. The van der Waals surface area contributed by atoms with E-state index >= 15 is 0 Å². The van der Waals surface area contributed by atoms with Gasteiger partial charge in [0.2, 0.25) is 0 Å². The summed E-state index contributed by atoms with van der Waals surface area (Å²) in [4.78, 5) is 0. The second kappa shape index (κ2) is 3.58. The van der Waals surface area contributed by atoms with Crippen molar-refractivity contribution in [1.29, 1.82) is 0 Å².